The highest BCUT2D eigenvalue weighted by molar-refractivity contribution is 5.95. The first kappa shape index (κ1) is 27.2. The van der Waals surface area contributed by atoms with Gasteiger partial charge in [0.05, 0.1) is 23.6 Å². The summed E-state index contributed by atoms with van der Waals surface area (Å²) in [6.45, 7) is 2.13. The zero-order chi connectivity index (χ0) is 30.1. The molecule has 0 bridgehead atoms. The molecule has 12 nitrogen and oxygen atoms in total. The molecule has 1 saturated heterocycles. The van der Waals surface area contributed by atoms with Gasteiger partial charge in [-0.25, -0.2) is 0 Å². The number of benzene rings is 2. The molecule has 1 unspecified atom stereocenters. The van der Waals surface area contributed by atoms with E-state index in [1.807, 2.05) is 36.1 Å². The molecule has 2 heterocycles. The fourth-order valence-corrected chi connectivity index (χ4v) is 8.02. The molecule has 3 aliphatic carbocycles. The second kappa shape index (κ2) is 9.44. The number of nitrogens with zero attached hydrogens (tertiary/aromatic N) is 5. The molecule has 4 aliphatic rings. The van der Waals surface area contributed by atoms with Crippen molar-refractivity contribution < 1.29 is 14.4 Å². The Morgan fingerprint density at radius 1 is 1.07 bits per heavy atom. The van der Waals surface area contributed by atoms with Gasteiger partial charge in [0.1, 0.15) is 6.04 Å². The minimum atomic E-state index is -0.891. The fourth-order valence-electron chi connectivity index (χ4n) is 8.02. The zero-order valence-corrected chi connectivity index (χ0v) is 24.3. The van der Waals surface area contributed by atoms with Crippen LogP contribution in [0.3, 0.4) is 0 Å². The Labute approximate surface area is 248 Å². The molecule has 7 rings (SSSR count). The third-order valence-corrected chi connectivity index (χ3v) is 10.2. The van der Waals surface area contributed by atoms with Gasteiger partial charge in [-0.1, -0.05) is 17.3 Å². The van der Waals surface area contributed by atoms with Crippen LogP contribution < -0.4 is 16.0 Å². The molecule has 2 aromatic carbocycles. The third-order valence-electron chi connectivity index (χ3n) is 10.2. The van der Waals surface area contributed by atoms with Crippen molar-refractivity contribution in [2.45, 2.75) is 62.1 Å². The van der Waals surface area contributed by atoms with Gasteiger partial charge in [-0.2, -0.15) is 10.5 Å². The summed E-state index contributed by atoms with van der Waals surface area (Å²) in [6, 6.07) is 13.0. The number of hydrogen-bond acceptors (Lipinski definition) is 8. The lowest BCUT2D eigenvalue weighted by Gasteiger charge is -2.41. The third kappa shape index (κ3) is 3.84. The van der Waals surface area contributed by atoms with E-state index in [0.717, 1.165) is 41.5 Å². The van der Waals surface area contributed by atoms with Gasteiger partial charge in [0.15, 0.2) is 5.82 Å². The maximum absolute atomic E-state index is 13.4. The van der Waals surface area contributed by atoms with Crippen LogP contribution in [0.2, 0.25) is 0 Å². The number of piperidine rings is 2. The van der Waals surface area contributed by atoms with Crippen LogP contribution in [0.1, 0.15) is 81.4 Å². The molecule has 2 saturated carbocycles. The van der Waals surface area contributed by atoms with E-state index in [4.69, 9.17) is 0 Å². The Kier molecular flexibility index (Phi) is 5.97. The zero-order valence-electron chi connectivity index (χ0n) is 24.3. The van der Waals surface area contributed by atoms with Crippen LogP contribution in [0.5, 0.6) is 0 Å². The van der Waals surface area contributed by atoms with Crippen molar-refractivity contribution in [2.24, 2.45) is 5.41 Å². The monoisotopic (exact) mass is 579 g/mol. The molecular weight excluding hydrogens is 546 g/mol. The van der Waals surface area contributed by atoms with Gasteiger partial charge in [-0.05, 0) is 85.5 Å². The van der Waals surface area contributed by atoms with Gasteiger partial charge in [0.25, 0.3) is 11.8 Å². The minimum absolute atomic E-state index is 0.0428. The van der Waals surface area contributed by atoms with E-state index in [9.17, 15) is 19.6 Å². The Balaban J connectivity index is 1.26. The summed E-state index contributed by atoms with van der Waals surface area (Å²) < 4.78 is 0. The van der Waals surface area contributed by atoms with E-state index < -0.39 is 5.41 Å². The second-order valence-corrected chi connectivity index (χ2v) is 12.5. The number of aromatic amines is 1. The van der Waals surface area contributed by atoms with Gasteiger partial charge < -0.3 is 20.9 Å². The summed E-state index contributed by atoms with van der Waals surface area (Å²) in [5.41, 5.74) is 4.00. The Hall–Kier alpha value is -4.63. The van der Waals surface area contributed by atoms with Crippen molar-refractivity contribution in [1.82, 2.24) is 41.5 Å². The highest BCUT2D eigenvalue weighted by atomic mass is 16.2. The van der Waals surface area contributed by atoms with Gasteiger partial charge in [-0.15, -0.1) is 10.2 Å². The molecule has 0 radical (unpaired) electrons. The molecule has 12 heteroatoms. The molecule has 0 spiro atoms. The highest BCUT2D eigenvalue weighted by Crippen LogP contribution is 2.87. The summed E-state index contributed by atoms with van der Waals surface area (Å²) in [7, 11) is 3.19. The maximum atomic E-state index is 13.4. The molecule has 43 heavy (non-hydrogen) atoms. The predicted octanol–water partition coefficient (Wildman–Crippen LogP) is 1.18. The van der Waals surface area contributed by atoms with Crippen LogP contribution in [0.25, 0.3) is 0 Å². The summed E-state index contributed by atoms with van der Waals surface area (Å²) in [5.74, 6) is 0.0233. The van der Waals surface area contributed by atoms with Crippen LogP contribution >= 0.6 is 0 Å². The number of aromatic nitrogens is 4. The summed E-state index contributed by atoms with van der Waals surface area (Å²) in [4.78, 5) is 40.4. The first-order valence-electron chi connectivity index (χ1n) is 14.6. The van der Waals surface area contributed by atoms with Crippen LogP contribution in [0, 0.1) is 16.7 Å². The molecule has 1 aromatic heterocycles. The van der Waals surface area contributed by atoms with E-state index in [1.165, 1.54) is 0 Å². The van der Waals surface area contributed by atoms with Crippen molar-refractivity contribution in [2.75, 3.05) is 20.6 Å². The van der Waals surface area contributed by atoms with Crippen LogP contribution in [0.15, 0.2) is 36.4 Å². The van der Waals surface area contributed by atoms with E-state index in [2.05, 4.69) is 42.6 Å². The van der Waals surface area contributed by atoms with Crippen molar-refractivity contribution in [3.05, 3.63) is 75.6 Å². The summed E-state index contributed by atoms with van der Waals surface area (Å²) in [5, 5.41) is 34.0. The molecule has 4 N–H and O–H groups in total. The Bertz CT molecular complexity index is 1640. The number of amides is 3. The van der Waals surface area contributed by atoms with Crippen LogP contribution in [-0.4, -0.2) is 81.5 Å². The van der Waals surface area contributed by atoms with E-state index in [-0.39, 0.29) is 47.3 Å². The molecule has 220 valence electrons. The molecular formula is C31H33N9O3. The van der Waals surface area contributed by atoms with Crippen molar-refractivity contribution in [1.29, 1.82) is 5.26 Å². The second-order valence-electron chi connectivity index (χ2n) is 12.5. The number of likely N-dealkylation sites (tertiary alicyclic amines) is 1. The molecule has 3 amide bonds. The molecule has 1 aliphatic heterocycles. The number of hydrogen-bond donors (Lipinski definition) is 4. The minimum Gasteiger partial charge on any atom is -0.355 e. The number of H-pyrrole nitrogens is 1. The van der Waals surface area contributed by atoms with Gasteiger partial charge in [0, 0.05) is 36.7 Å². The number of nitriles is 1. The first-order valence-corrected chi connectivity index (χ1v) is 14.6. The smallest absolute Gasteiger partial charge is 0.251 e. The van der Waals surface area contributed by atoms with Gasteiger partial charge in [-0.3, -0.25) is 14.4 Å². The molecule has 3 fully saturated rings. The lowest BCUT2D eigenvalue weighted by molar-refractivity contribution is -0.133. The maximum Gasteiger partial charge on any atom is 0.251 e. The average Bonchev–Trinajstić information content (AvgIpc) is 3.57. The largest absolute Gasteiger partial charge is 0.355 e. The highest BCUT2D eigenvalue weighted by Gasteiger charge is 2.90. The van der Waals surface area contributed by atoms with Gasteiger partial charge in [0.2, 0.25) is 5.91 Å². The van der Waals surface area contributed by atoms with E-state index in [0.29, 0.717) is 29.8 Å². The molecule has 2 atom stereocenters. The fraction of sp³-hybridized carbons (Fsp3) is 0.452. The average molecular weight is 580 g/mol. The predicted molar refractivity (Wildman–Crippen MR) is 154 cm³/mol. The number of carbonyl (C=O) groups excluding carboxylic acids is 3. The Morgan fingerprint density at radius 3 is 2.23 bits per heavy atom. The van der Waals surface area contributed by atoms with Crippen molar-refractivity contribution >= 4 is 17.7 Å². The number of fused-ring (bicyclic) bond motifs is 2. The van der Waals surface area contributed by atoms with E-state index in [1.54, 1.807) is 26.2 Å². The van der Waals surface area contributed by atoms with Crippen LogP contribution in [0.4, 0.5) is 0 Å². The number of carbonyl (C=O) groups is 3. The number of rotatable bonds is 8. The molecule has 3 aromatic rings. The van der Waals surface area contributed by atoms with Crippen molar-refractivity contribution in [3.8, 4) is 6.07 Å². The van der Waals surface area contributed by atoms with Crippen molar-refractivity contribution in [3.63, 3.8) is 0 Å². The first-order chi connectivity index (χ1) is 20.7. The normalized spacial score (nSPS) is 25.7. The van der Waals surface area contributed by atoms with E-state index >= 15 is 0 Å². The van der Waals surface area contributed by atoms with Gasteiger partial charge >= 0.3 is 0 Å². The SMILES string of the molecule is CNC(=O)c1ccc2c(c1)Cc1cc(C(=O)NC)ccc1C2(C[C@@H](C)NCC(=O)N1C(C#N)CC23CC12C3)c1nn[nH]n1. The standard InChI is InChI=1S/C31H33N9O3/c1-17(35-14-25(41)40-22(13-32)12-29-15-30(29,40)16-29)11-31(28-36-38-39-37-28)23-6-4-18(26(42)33-2)8-20(23)10-21-9-19(27(43)34-3)5-7-24(21)31/h4-9,17,22,35H,10-12,14-16H2,1-3H3,(H,33,42)(H,34,43)(H,36,37,38,39)/t17-,22?,29?,30?/m1/s1. The number of nitrogens with one attached hydrogen (secondary N) is 4. The summed E-state index contributed by atoms with van der Waals surface area (Å²) >= 11 is 0. The number of tetrazole rings is 1. The lowest BCUT2D eigenvalue weighted by atomic mass is 9.62. The lowest BCUT2D eigenvalue weighted by Crippen LogP contribution is -2.49. The topological polar surface area (TPSA) is 169 Å². The quantitative estimate of drug-likeness (QED) is 0.308. The Morgan fingerprint density at radius 2 is 1.70 bits per heavy atom. The van der Waals surface area contributed by atoms with Crippen LogP contribution in [-0.2, 0) is 16.6 Å². The summed E-state index contributed by atoms with van der Waals surface area (Å²) in [6.07, 6.45) is 3.80.